The molecule has 0 spiro atoms. The molecule has 0 saturated carbocycles. The van der Waals surface area contributed by atoms with E-state index in [9.17, 15) is 19.2 Å². The van der Waals surface area contributed by atoms with Gasteiger partial charge in [-0.05, 0) is 75.1 Å². The van der Waals surface area contributed by atoms with Crippen LogP contribution in [0.4, 0.5) is 11.4 Å². The molecule has 3 amide bonds. The molecule has 1 atom stereocenters. The van der Waals surface area contributed by atoms with E-state index in [2.05, 4.69) is 34.4 Å². The lowest BCUT2D eigenvalue weighted by molar-refractivity contribution is -0.120. The fourth-order valence-corrected chi connectivity index (χ4v) is 3.69. The number of hydrogen-bond donors (Lipinski definition) is 3. The van der Waals surface area contributed by atoms with Crippen LogP contribution in [0.25, 0.3) is 0 Å². The summed E-state index contributed by atoms with van der Waals surface area (Å²) in [5.41, 5.74) is 8.73. The number of imide groups is 1. The smallest absolute Gasteiger partial charge is 0.257 e. The summed E-state index contributed by atoms with van der Waals surface area (Å²) in [5.74, 6) is -1.17. The fourth-order valence-electron chi connectivity index (χ4n) is 3.69. The third kappa shape index (κ3) is 11.1. The molecular formula is C30H39N5O4. The number of azo groups is 1. The predicted octanol–water partition coefficient (Wildman–Crippen LogP) is 5.97. The Balaban J connectivity index is 1.93. The van der Waals surface area contributed by atoms with Crippen molar-refractivity contribution in [2.24, 2.45) is 16.0 Å². The number of carbonyl (C=O) groups excluding carboxylic acids is 4. The molecule has 0 aliphatic heterocycles. The Hall–Kier alpha value is -3.98. The van der Waals surface area contributed by atoms with Crippen molar-refractivity contribution in [2.45, 2.75) is 78.2 Å². The molecule has 2 rings (SSSR count). The molecule has 0 aromatic heterocycles. The number of Topliss-reactive ketones (excluding diaryl/α,β-unsaturated/α-hetero) is 1. The second-order valence-corrected chi connectivity index (χ2v) is 9.60. The third-order valence-electron chi connectivity index (χ3n) is 6.21. The highest BCUT2D eigenvalue weighted by atomic mass is 16.2. The molecule has 208 valence electrons. The van der Waals surface area contributed by atoms with E-state index in [1.807, 2.05) is 6.92 Å². The van der Waals surface area contributed by atoms with Gasteiger partial charge in [0.15, 0.2) is 0 Å². The predicted molar refractivity (Wildman–Crippen MR) is 152 cm³/mol. The maximum absolute atomic E-state index is 12.8. The maximum atomic E-state index is 12.8. The van der Waals surface area contributed by atoms with Gasteiger partial charge in [0, 0.05) is 23.2 Å². The molecule has 0 aliphatic carbocycles. The number of unbranched alkanes of at least 4 members (excludes halogenated alkanes) is 4. The van der Waals surface area contributed by atoms with Crippen LogP contribution in [0.3, 0.4) is 0 Å². The van der Waals surface area contributed by atoms with E-state index in [0.717, 1.165) is 37.7 Å². The summed E-state index contributed by atoms with van der Waals surface area (Å²) >= 11 is 0. The van der Waals surface area contributed by atoms with Gasteiger partial charge in [0.25, 0.3) is 11.8 Å². The van der Waals surface area contributed by atoms with Crippen molar-refractivity contribution in [3.63, 3.8) is 0 Å². The van der Waals surface area contributed by atoms with Gasteiger partial charge in [-0.1, -0.05) is 45.3 Å². The number of nitrogens with two attached hydrogens (primary N) is 1. The van der Waals surface area contributed by atoms with Crippen molar-refractivity contribution in [1.29, 1.82) is 0 Å². The van der Waals surface area contributed by atoms with Crippen molar-refractivity contribution in [3.8, 4) is 0 Å². The molecule has 0 bridgehead atoms. The first-order valence-corrected chi connectivity index (χ1v) is 13.3. The number of rotatable bonds is 15. The highest BCUT2D eigenvalue weighted by Crippen LogP contribution is 2.22. The lowest BCUT2D eigenvalue weighted by atomic mass is 10.1. The molecule has 2 aromatic rings. The van der Waals surface area contributed by atoms with Gasteiger partial charge in [0.1, 0.15) is 5.78 Å². The number of amides is 3. The number of benzene rings is 2. The van der Waals surface area contributed by atoms with Crippen LogP contribution in [0.5, 0.6) is 0 Å². The summed E-state index contributed by atoms with van der Waals surface area (Å²) in [7, 11) is 0. The Bertz CT molecular complexity index is 1200. The van der Waals surface area contributed by atoms with Crippen molar-refractivity contribution in [1.82, 2.24) is 10.6 Å². The zero-order chi connectivity index (χ0) is 28.8. The van der Waals surface area contributed by atoms with Crippen LogP contribution >= 0.6 is 0 Å². The highest BCUT2D eigenvalue weighted by Gasteiger charge is 2.14. The lowest BCUT2D eigenvalue weighted by Crippen LogP contribution is -2.30. The monoisotopic (exact) mass is 533 g/mol. The van der Waals surface area contributed by atoms with E-state index in [1.165, 1.54) is 6.92 Å². The molecule has 0 radical (unpaired) electrons. The molecule has 2 aromatic carbocycles. The normalized spacial score (nSPS) is 11.7. The molecule has 0 aliphatic rings. The van der Waals surface area contributed by atoms with Gasteiger partial charge in [0.2, 0.25) is 5.91 Å². The number of hydrogen-bond acceptors (Lipinski definition) is 7. The molecule has 1 unspecified atom stereocenters. The summed E-state index contributed by atoms with van der Waals surface area (Å²) in [4.78, 5) is 48.4. The first kappa shape index (κ1) is 31.2. The maximum Gasteiger partial charge on any atom is 0.257 e. The number of carbonyl (C=O) groups is 4. The molecule has 39 heavy (non-hydrogen) atoms. The van der Waals surface area contributed by atoms with Crippen LogP contribution in [-0.4, -0.2) is 29.5 Å². The third-order valence-corrected chi connectivity index (χ3v) is 6.21. The average molecular weight is 534 g/mol. The topological polar surface area (TPSA) is 143 Å². The van der Waals surface area contributed by atoms with Crippen LogP contribution in [0, 0.1) is 6.92 Å². The summed E-state index contributed by atoms with van der Waals surface area (Å²) in [6, 6.07) is 11.0. The fraction of sp³-hybridized carbons (Fsp3) is 0.400. The zero-order valence-electron chi connectivity index (χ0n) is 23.1. The largest absolute Gasteiger partial charge is 0.326 e. The van der Waals surface area contributed by atoms with Gasteiger partial charge in [0.05, 0.1) is 17.4 Å². The van der Waals surface area contributed by atoms with E-state index >= 15 is 0 Å². The number of aryl methyl sites for hydroxylation is 1. The van der Waals surface area contributed by atoms with Crippen molar-refractivity contribution in [2.75, 3.05) is 0 Å². The van der Waals surface area contributed by atoms with Crippen LogP contribution in [0.2, 0.25) is 0 Å². The average Bonchev–Trinajstić information content (AvgIpc) is 2.91. The first-order valence-electron chi connectivity index (χ1n) is 13.3. The number of nitrogens with one attached hydrogen (secondary N) is 2. The highest BCUT2D eigenvalue weighted by molar-refractivity contribution is 6.04. The van der Waals surface area contributed by atoms with Crippen molar-refractivity contribution in [3.05, 3.63) is 71.4 Å². The quantitative estimate of drug-likeness (QED) is 0.191. The number of allylic oxidation sites excluding steroid dienone is 1. The van der Waals surface area contributed by atoms with Gasteiger partial charge in [-0.2, -0.15) is 10.2 Å². The number of ketones is 1. The Morgan fingerprint density at radius 1 is 0.872 bits per heavy atom. The standard InChI is InChI=1S/C30H39N5O4/c1-5-6-7-8-9-10-28(37)33-29(38)23-13-16-24(17-14-23)34-35-25-15-11-20(2)26(19-25)30(39)32-21(3)12-18-27(31)22(4)36/h11,13-17,19,27H,3,5-10,12,18,31H2,1-2,4H3,(H,32,39)(H,33,37,38). The minimum absolute atomic E-state index is 0.112. The van der Waals surface area contributed by atoms with Gasteiger partial charge in [-0.3, -0.25) is 24.5 Å². The van der Waals surface area contributed by atoms with E-state index in [1.54, 1.807) is 42.5 Å². The first-order chi connectivity index (χ1) is 18.6. The van der Waals surface area contributed by atoms with Crippen LogP contribution in [0.1, 0.15) is 91.5 Å². The minimum Gasteiger partial charge on any atom is -0.326 e. The molecule has 0 heterocycles. The van der Waals surface area contributed by atoms with E-state index in [0.29, 0.717) is 47.5 Å². The van der Waals surface area contributed by atoms with Gasteiger partial charge in [-0.25, -0.2) is 0 Å². The summed E-state index contributed by atoms with van der Waals surface area (Å²) in [6.45, 7) is 9.23. The molecule has 9 nitrogen and oxygen atoms in total. The molecule has 0 saturated heterocycles. The van der Waals surface area contributed by atoms with Crippen LogP contribution < -0.4 is 16.4 Å². The number of nitrogens with zero attached hydrogens (tertiary/aromatic N) is 2. The van der Waals surface area contributed by atoms with Crippen molar-refractivity contribution < 1.29 is 19.2 Å². The summed E-state index contributed by atoms with van der Waals surface area (Å²) < 4.78 is 0. The van der Waals surface area contributed by atoms with Gasteiger partial charge in [-0.15, -0.1) is 0 Å². The minimum atomic E-state index is -0.583. The van der Waals surface area contributed by atoms with Gasteiger partial charge < -0.3 is 11.1 Å². The van der Waals surface area contributed by atoms with E-state index in [4.69, 9.17) is 5.73 Å². The second kappa shape index (κ2) is 16.1. The SMILES string of the molecule is C=C(CCC(N)C(C)=O)NC(=O)c1cc(N=Nc2ccc(C(=O)NC(=O)CCCCCCC)cc2)ccc1C. The van der Waals surface area contributed by atoms with E-state index in [-0.39, 0.29) is 17.6 Å². The Morgan fingerprint density at radius 3 is 2.18 bits per heavy atom. The molecule has 4 N–H and O–H groups in total. The zero-order valence-corrected chi connectivity index (χ0v) is 23.1. The Morgan fingerprint density at radius 2 is 1.51 bits per heavy atom. The Labute approximate surface area is 230 Å². The van der Waals surface area contributed by atoms with Crippen molar-refractivity contribution >= 4 is 34.9 Å². The summed E-state index contributed by atoms with van der Waals surface area (Å²) in [5, 5.41) is 13.6. The molecular weight excluding hydrogens is 494 g/mol. The second-order valence-electron chi connectivity index (χ2n) is 9.60. The molecule has 0 fully saturated rings. The Kier molecular flexibility index (Phi) is 12.9. The summed E-state index contributed by atoms with van der Waals surface area (Å²) in [6.07, 6.45) is 6.27. The van der Waals surface area contributed by atoms with E-state index < -0.39 is 11.9 Å². The van der Waals surface area contributed by atoms with Crippen LogP contribution in [0.15, 0.2) is 65.0 Å². The molecule has 9 heteroatoms. The lowest BCUT2D eigenvalue weighted by Gasteiger charge is -2.12. The van der Waals surface area contributed by atoms with Crippen LogP contribution in [-0.2, 0) is 9.59 Å². The van der Waals surface area contributed by atoms with Gasteiger partial charge >= 0.3 is 0 Å².